The average Bonchev–Trinajstić information content (AvgIpc) is 2.28. The number of aryl methyl sites for hydroxylation is 1. The van der Waals surface area contributed by atoms with E-state index in [1.54, 1.807) is 14.2 Å². The van der Waals surface area contributed by atoms with Crippen molar-refractivity contribution in [1.29, 1.82) is 0 Å². The summed E-state index contributed by atoms with van der Waals surface area (Å²) in [6.45, 7) is 2.37. The van der Waals surface area contributed by atoms with Gasteiger partial charge in [-0.3, -0.25) is 0 Å². The van der Waals surface area contributed by atoms with Gasteiger partial charge >= 0.3 is 0 Å². The molecule has 0 amide bonds. The first kappa shape index (κ1) is 12.9. The minimum Gasteiger partial charge on any atom is -0.496 e. The van der Waals surface area contributed by atoms with Crippen molar-refractivity contribution in [2.24, 2.45) is 5.73 Å². The lowest BCUT2D eigenvalue weighted by Crippen LogP contribution is -1.96. The maximum atomic E-state index is 6.24. The monoisotopic (exact) mass is 241 g/mol. The third-order valence-electron chi connectivity index (χ3n) is 2.25. The lowest BCUT2D eigenvalue weighted by atomic mass is 10.1. The first-order chi connectivity index (χ1) is 7.65. The second-order valence-electron chi connectivity index (χ2n) is 3.29. The normalized spacial score (nSPS) is 10.8. The number of nitrogens with two attached hydrogens (primary N) is 1. The van der Waals surface area contributed by atoms with Crippen LogP contribution in [0.5, 0.6) is 11.5 Å². The Kier molecular flexibility index (Phi) is 4.65. The molecule has 1 rings (SSSR count). The van der Waals surface area contributed by atoms with Gasteiger partial charge in [0.25, 0.3) is 0 Å². The second kappa shape index (κ2) is 5.77. The van der Waals surface area contributed by atoms with E-state index in [2.05, 4.69) is 0 Å². The van der Waals surface area contributed by atoms with Gasteiger partial charge in [0, 0.05) is 12.1 Å². The Labute approximate surface area is 101 Å². The Morgan fingerprint density at radius 2 is 2.06 bits per heavy atom. The number of methoxy groups -OCH3 is 2. The van der Waals surface area contributed by atoms with Gasteiger partial charge in [-0.05, 0) is 18.6 Å². The van der Waals surface area contributed by atoms with Gasteiger partial charge in [-0.1, -0.05) is 23.8 Å². The van der Waals surface area contributed by atoms with E-state index in [-0.39, 0.29) is 0 Å². The number of benzene rings is 1. The zero-order valence-corrected chi connectivity index (χ0v) is 10.5. The first-order valence-electron chi connectivity index (χ1n) is 4.93. The highest BCUT2D eigenvalue weighted by atomic mass is 35.5. The standard InChI is InChI=1S/C12H16ClNO2/c1-8-7-10(15-2)9(5-4-6-14)11(13)12(8)16-3/h4-5,7H,6,14H2,1-3H3/b5-4+. The van der Waals surface area contributed by atoms with Crippen LogP contribution in [0.15, 0.2) is 12.1 Å². The van der Waals surface area contributed by atoms with Gasteiger partial charge < -0.3 is 15.2 Å². The van der Waals surface area contributed by atoms with Crippen LogP contribution in [0.2, 0.25) is 5.02 Å². The smallest absolute Gasteiger partial charge is 0.141 e. The summed E-state index contributed by atoms with van der Waals surface area (Å²) in [5.74, 6) is 1.38. The highest BCUT2D eigenvalue weighted by Gasteiger charge is 2.13. The van der Waals surface area contributed by atoms with E-state index >= 15 is 0 Å². The van der Waals surface area contributed by atoms with Crippen LogP contribution in [0.3, 0.4) is 0 Å². The highest BCUT2D eigenvalue weighted by Crippen LogP contribution is 2.38. The summed E-state index contributed by atoms with van der Waals surface area (Å²) in [7, 11) is 3.20. The number of rotatable bonds is 4. The molecule has 4 heteroatoms. The molecule has 0 heterocycles. The SMILES string of the molecule is COc1cc(C)c(OC)c(Cl)c1/C=C/CN. The molecule has 0 atom stereocenters. The molecule has 0 saturated heterocycles. The molecule has 0 aliphatic rings. The maximum Gasteiger partial charge on any atom is 0.141 e. The van der Waals surface area contributed by atoms with Crippen LogP contribution in [0.25, 0.3) is 6.08 Å². The molecular formula is C12H16ClNO2. The molecule has 3 nitrogen and oxygen atoms in total. The summed E-state index contributed by atoms with van der Waals surface area (Å²) < 4.78 is 10.5. The van der Waals surface area contributed by atoms with Crippen LogP contribution in [-0.4, -0.2) is 20.8 Å². The molecule has 1 aromatic rings. The fourth-order valence-electron chi connectivity index (χ4n) is 1.50. The van der Waals surface area contributed by atoms with Crippen molar-refractivity contribution in [2.75, 3.05) is 20.8 Å². The molecule has 0 fully saturated rings. The quantitative estimate of drug-likeness (QED) is 0.882. The fourth-order valence-corrected chi connectivity index (χ4v) is 1.89. The van der Waals surface area contributed by atoms with Gasteiger partial charge in [-0.2, -0.15) is 0 Å². The van der Waals surface area contributed by atoms with Gasteiger partial charge in [0.05, 0.1) is 19.2 Å². The van der Waals surface area contributed by atoms with Crippen molar-refractivity contribution in [2.45, 2.75) is 6.92 Å². The Bertz CT molecular complexity index is 402. The van der Waals surface area contributed by atoms with Crippen LogP contribution in [0.4, 0.5) is 0 Å². The van der Waals surface area contributed by atoms with Crippen molar-refractivity contribution in [1.82, 2.24) is 0 Å². The summed E-state index contributed by atoms with van der Waals surface area (Å²) >= 11 is 6.24. The van der Waals surface area contributed by atoms with Gasteiger partial charge in [-0.25, -0.2) is 0 Å². The van der Waals surface area contributed by atoms with E-state index < -0.39 is 0 Å². The molecule has 0 aliphatic carbocycles. The van der Waals surface area contributed by atoms with Crippen molar-refractivity contribution in [3.8, 4) is 11.5 Å². The minimum absolute atomic E-state index is 0.454. The largest absolute Gasteiger partial charge is 0.496 e. The van der Waals surface area contributed by atoms with E-state index in [4.69, 9.17) is 26.8 Å². The lowest BCUT2D eigenvalue weighted by Gasteiger charge is -2.13. The fraction of sp³-hybridized carbons (Fsp3) is 0.333. The molecule has 0 radical (unpaired) electrons. The number of hydrogen-bond donors (Lipinski definition) is 1. The molecule has 1 aromatic carbocycles. The Morgan fingerprint density at radius 1 is 1.38 bits per heavy atom. The Balaban J connectivity index is 3.37. The summed E-state index contributed by atoms with van der Waals surface area (Å²) in [6, 6.07) is 1.89. The van der Waals surface area contributed by atoms with Crippen LogP contribution < -0.4 is 15.2 Å². The van der Waals surface area contributed by atoms with E-state index in [0.717, 1.165) is 11.1 Å². The van der Waals surface area contributed by atoms with Crippen LogP contribution >= 0.6 is 11.6 Å². The molecule has 0 spiro atoms. The van der Waals surface area contributed by atoms with E-state index in [1.165, 1.54) is 0 Å². The Morgan fingerprint density at radius 3 is 2.56 bits per heavy atom. The van der Waals surface area contributed by atoms with Gasteiger partial charge in [0.15, 0.2) is 0 Å². The third kappa shape index (κ3) is 2.49. The molecular weight excluding hydrogens is 226 g/mol. The number of ether oxygens (including phenoxy) is 2. The minimum atomic E-state index is 0.454. The van der Waals surface area contributed by atoms with Crippen LogP contribution in [-0.2, 0) is 0 Å². The predicted octanol–water partition coefficient (Wildman–Crippen LogP) is 2.64. The molecule has 0 aromatic heterocycles. The Hall–Kier alpha value is -1.19. The number of halogens is 1. The van der Waals surface area contributed by atoms with Gasteiger partial charge in [0.1, 0.15) is 11.5 Å². The van der Waals surface area contributed by atoms with Crippen molar-refractivity contribution >= 4 is 17.7 Å². The van der Waals surface area contributed by atoms with E-state index in [1.807, 2.05) is 25.1 Å². The van der Waals surface area contributed by atoms with Crippen molar-refractivity contribution < 1.29 is 9.47 Å². The number of hydrogen-bond acceptors (Lipinski definition) is 3. The summed E-state index contributed by atoms with van der Waals surface area (Å²) in [4.78, 5) is 0. The highest BCUT2D eigenvalue weighted by molar-refractivity contribution is 6.34. The molecule has 0 unspecified atom stereocenters. The van der Waals surface area contributed by atoms with Crippen molar-refractivity contribution in [3.63, 3.8) is 0 Å². The maximum absolute atomic E-state index is 6.24. The molecule has 88 valence electrons. The zero-order chi connectivity index (χ0) is 12.1. The van der Waals surface area contributed by atoms with E-state index in [0.29, 0.717) is 23.1 Å². The van der Waals surface area contributed by atoms with Crippen molar-refractivity contribution in [3.05, 3.63) is 28.3 Å². The third-order valence-corrected chi connectivity index (χ3v) is 2.63. The van der Waals surface area contributed by atoms with Crippen LogP contribution in [0.1, 0.15) is 11.1 Å². The lowest BCUT2D eigenvalue weighted by molar-refractivity contribution is 0.400. The first-order valence-corrected chi connectivity index (χ1v) is 5.31. The molecule has 0 saturated carbocycles. The summed E-state index contributed by atoms with van der Waals surface area (Å²) in [6.07, 6.45) is 3.65. The van der Waals surface area contributed by atoms with E-state index in [9.17, 15) is 0 Å². The summed E-state index contributed by atoms with van der Waals surface area (Å²) in [5, 5.41) is 0.545. The van der Waals surface area contributed by atoms with Crippen LogP contribution in [0, 0.1) is 6.92 Å². The molecule has 2 N–H and O–H groups in total. The zero-order valence-electron chi connectivity index (χ0n) is 9.71. The molecule has 0 bridgehead atoms. The summed E-state index contributed by atoms with van der Waals surface area (Å²) in [5.41, 5.74) is 7.14. The van der Waals surface area contributed by atoms with Gasteiger partial charge in [-0.15, -0.1) is 0 Å². The average molecular weight is 242 g/mol. The molecule has 16 heavy (non-hydrogen) atoms. The predicted molar refractivity (Wildman–Crippen MR) is 67.4 cm³/mol. The second-order valence-corrected chi connectivity index (χ2v) is 3.67. The molecule has 0 aliphatic heterocycles. The van der Waals surface area contributed by atoms with Gasteiger partial charge in [0.2, 0.25) is 0 Å². The topological polar surface area (TPSA) is 44.5 Å².